The van der Waals surface area contributed by atoms with E-state index in [0.29, 0.717) is 17.3 Å². The minimum atomic E-state index is -3.15. The number of aliphatic imine (C=N–C) groups is 1. The molecular weight excluding hydrogens is 399 g/mol. The van der Waals surface area contributed by atoms with Gasteiger partial charge >= 0.3 is 0 Å². The molecule has 146 valence electrons. The molecular formula is C20H19FN2O3S2. The first-order chi connectivity index (χ1) is 13.4. The molecule has 4 rings (SSSR count). The Hall–Kier alpha value is -2.19. The third-order valence-corrected chi connectivity index (χ3v) is 8.05. The van der Waals surface area contributed by atoms with Gasteiger partial charge < -0.3 is 4.90 Å². The second-order valence-corrected chi connectivity index (χ2v) is 10.3. The number of halogens is 1. The molecule has 1 amide bonds. The van der Waals surface area contributed by atoms with Gasteiger partial charge in [-0.1, -0.05) is 48.2 Å². The first-order valence-corrected chi connectivity index (χ1v) is 11.7. The summed E-state index contributed by atoms with van der Waals surface area (Å²) in [6.07, 6.45) is 0.848. The minimum Gasteiger partial charge on any atom is -0.315 e. The molecule has 0 aliphatic carbocycles. The van der Waals surface area contributed by atoms with Crippen LogP contribution >= 0.6 is 11.8 Å². The van der Waals surface area contributed by atoms with Crippen molar-refractivity contribution in [3.05, 3.63) is 66.0 Å². The van der Waals surface area contributed by atoms with Crippen LogP contribution in [-0.2, 0) is 21.1 Å². The van der Waals surface area contributed by atoms with Gasteiger partial charge in [-0.25, -0.2) is 12.8 Å². The van der Waals surface area contributed by atoms with Gasteiger partial charge in [0.2, 0.25) is 5.91 Å². The van der Waals surface area contributed by atoms with E-state index in [-0.39, 0.29) is 35.1 Å². The van der Waals surface area contributed by atoms with Crippen molar-refractivity contribution in [1.29, 1.82) is 0 Å². The van der Waals surface area contributed by atoms with Gasteiger partial charge in [0.25, 0.3) is 0 Å². The van der Waals surface area contributed by atoms with Crippen LogP contribution in [0.15, 0.2) is 59.6 Å². The fraction of sp³-hybridized carbons (Fsp3) is 0.300. The van der Waals surface area contributed by atoms with Crippen molar-refractivity contribution in [3.8, 4) is 0 Å². The van der Waals surface area contributed by atoms with E-state index in [4.69, 9.17) is 0 Å². The molecule has 0 aromatic heterocycles. The van der Waals surface area contributed by atoms with E-state index < -0.39 is 15.7 Å². The highest BCUT2D eigenvalue weighted by molar-refractivity contribution is 8.16. The predicted molar refractivity (Wildman–Crippen MR) is 110 cm³/mol. The van der Waals surface area contributed by atoms with E-state index in [2.05, 4.69) is 4.99 Å². The molecule has 8 heteroatoms. The summed E-state index contributed by atoms with van der Waals surface area (Å²) < 4.78 is 37.9. The van der Waals surface area contributed by atoms with E-state index in [0.717, 1.165) is 5.56 Å². The maximum absolute atomic E-state index is 13.8. The van der Waals surface area contributed by atoms with Crippen LogP contribution in [0.2, 0.25) is 0 Å². The zero-order chi connectivity index (χ0) is 19.7. The van der Waals surface area contributed by atoms with Crippen molar-refractivity contribution >= 4 is 38.4 Å². The van der Waals surface area contributed by atoms with Crippen LogP contribution in [0.4, 0.5) is 10.1 Å². The van der Waals surface area contributed by atoms with Crippen LogP contribution < -0.4 is 4.90 Å². The van der Waals surface area contributed by atoms with Gasteiger partial charge in [0.1, 0.15) is 5.82 Å². The molecule has 0 unspecified atom stereocenters. The topological polar surface area (TPSA) is 66.8 Å². The van der Waals surface area contributed by atoms with Crippen molar-refractivity contribution in [2.45, 2.75) is 24.1 Å². The van der Waals surface area contributed by atoms with Gasteiger partial charge in [0, 0.05) is 17.4 Å². The van der Waals surface area contributed by atoms with E-state index in [1.54, 1.807) is 17.0 Å². The van der Waals surface area contributed by atoms with Crippen molar-refractivity contribution < 1.29 is 17.6 Å². The number of benzene rings is 2. The molecule has 0 saturated carbocycles. The monoisotopic (exact) mass is 418 g/mol. The largest absolute Gasteiger partial charge is 0.315 e. The van der Waals surface area contributed by atoms with Gasteiger partial charge in [-0.3, -0.25) is 4.79 Å². The molecule has 0 N–H and O–H groups in total. The Morgan fingerprint density at radius 2 is 1.93 bits per heavy atom. The first-order valence-electron chi connectivity index (χ1n) is 8.99. The molecule has 0 radical (unpaired) electrons. The summed E-state index contributed by atoms with van der Waals surface area (Å²) >= 11 is 1.30. The molecule has 2 saturated heterocycles. The molecule has 2 heterocycles. The zero-order valence-electron chi connectivity index (χ0n) is 15.0. The fourth-order valence-corrected chi connectivity index (χ4v) is 7.48. The first kappa shape index (κ1) is 19.1. The third-order valence-electron chi connectivity index (χ3n) is 4.84. The average Bonchev–Trinajstić information content (AvgIpc) is 3.11. The Kier molecular flexibility index (Phi) is 5.25. The smallest absolute Gasteiger partial charge is 0.248 e. The Labute approximate surface area is 167 Å². The number of aryl methyl sites for hydroxylation is 1. The van der Waals surface area contributed by atoms with Crippen molar-refractivity contribution in [3.63, 3.8) is 0 Å². The van der Waals surface area contributed by atoms with Crippen LogP contribution in [-0.4, -0.2) is 42.3 Å². The number of amides is 1. The van der Waals surface area contributed by atoms with Crippen LogP contribution in [0.3, 0.4) is 0 Å². The molecule has 0 spiro atoms. The number of nitrogens with zero attached hydrogens (tertiary/aromatic N) is 2. The number of fused-ring (bicyclic) bond motifs is 1. The number of hydrogen-bond donors (Lipinski definition) is 0. The van der Waals surface area contributed by atoms with Gasteiger partial charge in [0.05, 0.1) is 17.5 Å². The summed E-state index contributed by atoms with van der Waals surface area (Å²) in [7, 11) is -3.15. The highest BCUT2D eigenvalue weighted by atomic mass is 32.2. The number of carbonyl (C=O) groups is 1. The third kappa shape index (κ3) is 4.12. The van der Waals surface area contributed by atoms with E-state index in [9.17, 15) is 17.6 Å². The molecule has 2 atom stereocenters. The Balaban J connectivity index is 1.58. The highest BCUT2D eigenvalue weighted by Gasteiger charge is 2.49. The van der Waals surface area contributed by atoms with Crippen LogP contribution in [0.5, 0.6) is 0 Å². The summed E-state index contributed by atoms with van der Waals surface area (Å²) in [5, 5.41) is 0.252. The lowest BCUT2D eigenvalue weighted by atomic mass is 10.1. The number of amidine groups is 1. The Morgan fingerprint density at radius 3 is 2.68 bits per heavy atom. The Bertz CT molecular complexity index is 1020. The van der Waals surface area contributed by atoms with Crippen molar-refractivity contribution in [2.24, 2.45) is 4.99 Å². The highest BCUT2D eigenvalue weighted by Crippen LogP contribution is 2.41. The number of rotatable bonds is 4. The van der Waals surface area contributed by atoms with Crippen LogP contribution in [0.1, 0.15) is 12.0 Å². The molecule has 2 aliphatic heterocycles. The van der Waals surface area contributed by atoms with E-state index in [1.807, 2.05) is 30.3 Å². The lowest BCUT2D eigenvalue weighted by molar-refractivity contribution is -0.117. The lowest BCUT2D eigenvalue weighted by Crippen LogP contribution is -2.37. The SMILES string of the molecule is O=C(CCc1ccccc1)N=C1S[C@@H]2CS(=O)(=O)C[C@H]2N1c1cccc(F)c1. The number of thioether (sulfide) groups is 1. The van der Waals surface area contributed by atoms with Gasteiger partial charge in [0.15, 0.2) is 15.0 Å². The predicted octanol–water partition coefficient (Wildman–Crippen LogP) is 3.06. The molecule has 28 heavy (non-hydrogen) atoms. The summed E-state index contributed by atoms with van der Waals surface area (Å²) in [6.45, 7) is 0. The van der Waals surface area contributed by atoms with Crippen molar-refractivity contribution in [1.82, 2.24) is 0 Å². The normalized spacial score (nSPS) is 24.5. The van der Waals surface area contributed by atoms with E-state index >= 15 is 0 Å². The maximum Gasteiger partial charge on any atom is 0.248 e. The number of carbonyl (C=O) groups excluding carboxylic acids is 1. The molecule has 2 aromatic carbocycles. The average molecular weight is 419 g/mol. The second-order valence-electron chi connectivity index (χ2n) is 6.92. The standard InChI is InChI=1S/C20H19FN2O3S2/c21-15-7-4-8-16(11-15)23-17-12-28(25,26)13-18(17)27-20(23)22-19(24)10-9-14-5-2-1-3-6-14/h1-8,11,17-18H,9-10,12-13H2/t17-,18-/m1/s1. The number of anilines is 1. The fourth-order valence-electron chi connectivity index (χ4n) is 3.55. The van der Waals surface area contributed by atoms with Gasteiger partial charge in [-0.2, -0.15) is 4.99 Å². The lowest BCUT2D eigenvalue weighted by Gasteiger charge is -2.24. The van der Waals surface area contributed by atoms with Crippen LogP contribution in [0, 0.1) is 5.82 Å². The maximum atomic E-state index is 13.8. The van der Waals surface area contributed by atoms with Crippen LogP contribution in [0.25, 0.3) is 0 Å². The molecule has 2 aliphatic rings. The molecule has 2 fully saturated rings. The minimum absolute atomic E-state index is 0.0155. The number of hydrogen-bond acceptors (Lipinski definition) is 4. The zero-order valence-corrected chi connectivity index (χ0v) is 16.6. The summed E-state index contributed by atoms with van der Waals surface area (Å²) in [6, 6.07) is 15.3. The van der Waals surface area contributed by atoms with Crippen molar-refractivity contribution in [2.75, 3.05) is 16.4 Å². The molecule has 2 aromatic rings. The number of sulfone groups is 1. The van der Waals surface area contributed by atoms with Gasteiger partial charge in [-0.15, -0.1) is 0 Å². The Morgan fingerprint density at radius 1 is 1.14 bits per heavy atom. The van der Waals surface area contributed by atoms with E-state index in [1.165, 1.54) is 23.9 Å². The quantitative estimate of drug-likeness (QED) is 0.764. The summed E-state index contributed by atoms with van der Waals surface area (Å²) in [5.41, 5.74) is 1.58. The van der Waals surface area contributed by atoms with Gasteiger partial charge in [-0.05, 0) is 30.2 Å². The second kappa shape index (κ2) is 7.67. The molecule has 0 bridgehead atoms. The summed E-state index contributed by atoms with van der Waals surface area (Å²) in [5.74, 6) is -0.652. The summed E-state index contributed by atoms with van der Waals surface area (Å²) in [4.78, 5) is 18.4. The molecule has 5 nitrogen and oxygen atoms in total.